The summed E-state index contributed by atoms with van der Waals surface area (Å²) in [6.45, 7) is 6.44. The van der Waals surface area contributed by atoms with Crippen molar-refractivity contribution in [2.24, 2.45) is 0 Å². The zero-order chi connectivity index (χ0) is 17.0. The van der Waals surface area contributed by atoms with E-state index >= 15 is 0 Å². The van der Waals surface area contributed by atoms with Gasteiger partial charge < -0.3 is 10.6 Å². The lowest BCUT2D eigenvalue weighted by molar-refractivity contribution is -0.120. The second-order valence-corrected chi connectivity index (χ2v) is 6.73. The van der Waals surface area contributed by atoms with E-state index in [0.717, 1.165) is 19.5 Å². The van der Waals surface area contributed by atoms with Gasteiger partial charge in [0.05, 0.1) is 6.54 Å². The van der Waals surface area contributed by atoms with Crippen molar-refractivity contribution in [2.45, 2.75) is 104 Å². The Hall–Kier alpha value is -0.570. The molecule has 23 heavy (non-hydrogen) atoms. The van der Waals surface area contributed by atoms with Gasteiger partial charge >= 0.3 is 0 Å². The monoisotopic (exact) mass is 326 g/mol. The Morgan fingerprint density at radius 1 is 0.652 bits per heavy atom. The molecule has 0 aromatic carbocycles. The molecule has 0 bridgehead atoms. The summed E-state index contributed by atoms with van der Waals surface area (Å²) in [6, 6.07) is 0. The van der Waals surface area contributed by atoms with E-state index in [1.165, 1.54) is 83.5 Å². The number of carbonyl (C=O) groups excluding carboxylic acids is 1. The Kier molecular flexibility index (Phi) is 19.0. The molecule has 1 amide bonds. The summed E-state index contributed by atoms with van der Waals surface area (Å²) in [5, 5.41) is 6.00. The first-order valence-electron chi connectivity index (χ1n) is 10.3. The fourth-order valence-electron chi connectivity index (χ4n) is 2.85. The molecule has 0 fully saturated rings. The number of amides is 1. The Bertz CT molecular complexity index is 244. The molecule has 2 N–H and O–H groups in total. The van der Waals surface area contributed by atoms with Gasteiger partial charge in [-0.2, -0.15) is 0 Å². The second kappa shape index (κ2) is 19.5. The van der Waals surface area contributed by atoms with Gasteiger partial charge in [0, 0.05) is 6.54 Å². The van der Waals surface area contributed by atoms with E-state index in [-0.39, 0.29) is 5.91 Å². The van der Waals surface area contributed by atoms with E-state index in [0.29, 0.717) is 6.54 Å². The van der Waals surface area contributed by atoms with Crippen LogP contribution in [0, 0.1) is 0 Å². The fourth-order valence-corrected chi connectivity index (χ4v) is 2.85. The molecule has 138 valence electrons. The third-order valence-corrected chi connectivity index (χ3v) is 4.39. The van der Waals surface area contributed by atoms with E-state index in [9.17, 15) is 4.79 Å². The van der Waals surface area contributed by atoms with Crippen LogP contribution in [0.15, 0.2) is 0 Å². The SMILES string of the molecule is CCCCCCCCCCCCCCCCNC(=O)CNCC. The van der Waals surface area contributed by atoms with E-state index in [1.54, 1.807) is 0 Å². The number of hydrogen-bond acceptors (Lipinski definition) is 2. The molecule has 0 rings (SSSR count). The normalized spacial score (nSPS) is 10.9. The Morgan fingerprint density at radius 2 is 1.09 bits per heavy atom. The van der Waals surface area contributed by atoms with Crippen LogP contribution in [0.2, 0.25) is 0 Å². The number of carbonyl (C=O) groups is 1. The van der Waals surface area contributed by atoms with E-state index < -0.39 is 0 Å². The number of nitrogens with one attached hydrogen (secondary N) is 2. The maximum atomic E-state index is 11.4. The predicted molar refractivity (Wildman–Crippen MR) is 102 cm³/mol. The molecule has 3 nitrogen and oxygen atoms in total. The first kappa shape index (κ1) is 22.4. The molecule has 0 saturated carbocycles. The number of hydrogen-bond donors (Lipinski definition) is 2. The molecule has 0 saturated heterocycles. The lowest BCUT2D eigenvalue weighted by atomic mass is 10.0. The zero-order valence-electron chi connectivity index (χ0n) is 15.9. The van der Waals surface area contributed by atoms with Crippen molar-refractivity contribution in [3.05, 3.63) is 0 Å². The van der Waals surface area contributed by atoms with Crippen LogP contribution < -0.4 is 10.6 Å². The molecule has 0 aromatic heterocycles. The molecule has 0 aliphatic carbocycles. The summed E-state index contributed by atoms with van der Waals surface area (Å²) in [5.41, 5.74) is 0. The fraction of sp³-hybridized carbons (Fsp3) is 0.950. The average Bonchev–Trinajstić information content (AvgIpc) is 2.56. The molecule has 0 spiro atoms. The maximum absolute atomic E-state index is 11.4. The molecule has 0 unspecified atom stereocenters. The van der Waals surface area contributed by atoms with Crippen LogP contribution in [-0.2, 0) is 4.79 Å². The van der Waals surface area contributed by atoms with E-state index in [1.807, 2.05) is 6.92 Å². The molecule has 0 heterocycles. The second-order valence-electron chi connectivity index (χ2n) is 6.73. The summed E-state index contributed by atoms with van der Waals surface area (Å²) >= 11 is 0. The van der Waals surface area contributed by atoms with Gasteiger partial charge in [0.25, 0.3) is 0 Å². The summed E-state index contributed by atoms with van der Waals surface area (Å²) in [5.74, 6) is 0.126. The summed E-state index contributed by atoms with van der Waals surface area (Å²) in [4.78, 5) is 11.4. The molecule has 0 aromatic rings. The van der Waals surface area contributed by atoms with Crippen LogP contribution in [-0.4, -0.2) is 25.5 Å². The number of unbranched alkanes of at least 4 members (excludes halogenated alkanes) is 13. The molecule has 0 aliphatic heterocycles. The quantitative estimate of drug-likeness (QED) is 0.340. The van der Waals surface area contributed by atoms with Gasteiger partial charge in [0.1, 0.15) is 0 Å². The maximum Gasteiger partial charge on any atom is 0.233 e. The highest BCUT2D eigenvalue weighted by atomic mass is 16.1. The van der Waals surface area contributed by atoms with Crippen molar-refractivity contribution >= 4 is 5.91 Å². The number of rotatable bonds is 18. The van der Waals surface area contributed by atoms with Crippen LogP contribution in [0.25, 0.3) is 0 Å². The van der Waals surface area contributed by atoms with Gasteiger partial charge in [-0.25, -0.2) is 0 Å². The first-order chi connectivity index (χ1) is 11.3. The van der Waals surface area contributed by atoms with Crippen molar-refractivity contribution in [2.75, 3.05) is 19.6 Å². The lowest BCUT2D eigenvalue weighted by Crippen LogP contribution is -2.34. The highest BCUT2D eigenvalue weighted by molar-refractivity contribution is 5.77. The number of likely N-dealkylation sites (N-methyl/N-ethyl adjacent to an activating group) is 1. The smallest absolute Gasteiger partial charge is 0.233 e. The van der Waals surface area contributed by atoms with Gasteiger partial charge in [-0.15, -0.1) is 0 Å². The van der Waals surface area contributed by atoms with Gasteiger partial charge in [-0.1, -0.05) is 97.3 Å². The van der Waals surface area contributed by atoms with Gasteiger partial charge in [-0.05, 0) is 13.0 Å². The first-order valence-corrected chi connectivity index (χ1v) is 10.3. The topological polar surface area (TPSA) is 41.1 Å². The molecule has 0 radical (unpaired) electrons. The average molecular weight is 327 g/mol. The molecular weight excluding hydrogens is 284 g/mol. The van der Waals surface area contributed by atoms with Crippen molar-refractivity contribution in [1.29, 1.82) is 0 Å². The van der Waals surface area contributed by atoms with Crippen molar-refractivity contribution in [3.8, 4) is 0 Å². The minimum Gasteiger partial charge on any atom is -0.355 e. The van der Waals surface area contributed by atoms with Crippen LogP contribution in [0.5, 0.6) is 0 Å². The van der Waals surface area contributed by atoms with Gasteiger partial charge in [0.15, 0.2) is 0 Å². The lowest BCUT2D eigenvalue weighted by Gasteiger charge is -2.05. The molecular formula is C20H42N2O. The minimum atomic E-state index is 0.126. The highest BCUT2D eigenvalue weighted by Gasteiger charge is 1.98. The molecule has 3 heteroatoms. The van der Waals surface area contributed by atoms with Crippen molar-refractivity contribution < 1.29 is 4.79 Å². The Balaban J connectivity index is 3.04. The van der Waals surface area contributed by atoms with Crippen LogP contribution >= 0.6 is 0 Å². The largest absolute Gasteiger partial charge is 0.355 e. The van der Waals surface area contributed by atoms with Crippen molar-refractivity contribution in [1.82, 2.24) is 10.6 Å². The summed E-state index contributed by atoms with van der Waals surface area (Å²) < 4.78 is 0. The highest BCUT2D eigenvalue weighted by Crippen LogP contribution is 2.12. The summed E-state index contributed by atoms with van der Waals surface area (Å²) in [7, 11) is 0. The third kappa shape index (κ3) is 19.4. The standard InChI is InChI=1S/C20H42N2O/c1-3-5-6-7-8-9-10-11-12-13-14-15-16-17-18-22-20(23)19-21-4-2/h21H,3-19H2,1-2H3,(H,22,23). The predicted octanol–water partition coefficient (Wildman–Crippen LogP) is 5.19. The van der Waals surface area contributed by atoms with Gasteiger partial charge in [-0.3, -0.25) is 4.79 Å². The third-order valence-electron chi connectivity index (χ3n) is 4.39. The Morgan fingerprint density at radius 3 is 1.52 bits per heavy atom. The van der Waals surface area contributed by atoms with E-state index in [2.05, 4.69) is 17.6 Å². The molecule has 0 aliphatic rings. The van der Waals surface area contributed by atoms with Crippen LogP contribution in [0.3, 0.4) is 0 Å². The minimum absolute atomic E-state index is 0.126. The Labute approximate surface area is 145 Å². The molecule has 0 atom stereocenters. The van der Waals surface area contributed by atoms with E-state index in [4.69, 9.17) is 0 Å². The van der Waals surface area contributed by atoms with Crippen LogP contribution in [0.1, 0.15) is 104 Å². The summed E-state index contributed by atoms with van der Waals surface area (Å²) in [6.07, 6.45) is 19.2. The van der Waals surface area contributed by atoms with Gasteiger partial charge in [0.2, 0.25) is 5.91 Å². The van der Waals surface area contributed by atoms with Crippen LogP contribution in [0.4, 0.5) is 0 Å². The zero-order valence-corrected chi connectivity index (χ0v) is 15.9. The van der Waals surface area contributed by atoms with Crippen molar-refractivity contribution in [3.63, 3.8) is 0 Å².